The summed E-state index contributed by atoms with van der Waals surface area (Å²) >= 11 is 6.52. The number of halogens is 1. The third-order valence-electron chi connectivity index (χ3n) is 4.73. The lowest BCUT2D eigenvalue weighted by molar-refractivity contribution is 0.174. The van der Waals surface area contributed by atoms with E-state index in [0.717, 1.165) is 11.1 Å². The van der Waals surface area contributed by atoms with Crippen molar-refractivity contribution in [1.82, 2.24) is 15.2 Å². The van der Waals surface area contributed by atoms with Gasteiger partial charge in [-0.3, -0.25) is 5.10 Å². The van der Waals surface area contributed by atoms with Gasteiger partial charge in [0, 0.05) is 28.3 Å². The number of rotatable bonds is 1. The zero-order valence-corrected chi connectivity index (χ0v) is 14.8. The van der Waals surface area contributed by atoms with Crippen molar-refractivity contribution in [3.63, 3.8) is 0 Å². The minimum absolute atomic E-state index is 0.00310. The van der Waals surface area contributed by atoms with Crippen molar-refractivity contribution in [3.05, 3.63) is 51.6 Å². The lowest BCUT2D eigenvalue weighted by atomic mass is 9.84. The molecule has 0 bridgehead atoms. The maximum absolute atomic E-state index is 9.68. The van der Waals surface area contributed by atoms with E-state index in [1.165, 1.54) is 0 Å². The molecular formula is C18H12ClN5O3. The first-order valence-electron chi connectivity index (χ1n) is 8.09. The van der Waals surface area contributed by atoms with E-state index in [4.69, 9.17) is 31.5 Å². The van der Waals surface area contributed by atoms with Crippen LogP contribution in [0.25, 0.3) is 10.9 Å². The number of hydrogen-bond acceptors (Lipinski definition) is 7. The number of nitriles is 1. The minimum atomic E-state index is -0.535. The maximum atomic E-state index is 9.68. The van der Waals surface area contributed by atoms with Crippen molar-refractivity contribution in [2.24, 2.45) is 5.73 Å². The Morgan fingerprint density at radius 2 is 2.07 bits per heavy atom. The Hall–Kier alpha value is -3.44. The monoisotopic (exact) mass is 381 g/mol. The summed E-state index contributed by atoms with van der Waals surface area (Å²) < 4.78 is 16.3. The number of allylic oxidation sites excluding steroid dienone is 1. The molecule has 0 spiro atoms. The average molecular weight is 382 g/mol. The number of fused-ring (bicyclic) bond motifs is 3. The third kappa shape index (κ3) is 2.22. The Morgan fingerprint density at radius 1 is 1.30 bits per heavy atom. The molecule has 0 saturated carbocycles. The van der Waals surface area contributed by atoms with Crippen LogP contribution in [0.4, 0.5) is 0 Å². The predicted molar refractivity (Wildman–Crippen MR) is 95.5 cm³/mol. The molecule has 1 atom stereocenters. The van der Waals surface area contributed by atoms with E-state index in [2.05, 4.69) is 21.3 Å². The van der Waals surface area contributed by atoms with Crippen LogP contribution in [0.5, 0.6) is 17.4 Å². The third-order valence-corrected chi connectivity index (χ3v) is 5.03. The highest BCUT2D eigenvalue weighted by Gasteiger charge is 2.36. The summed E-state index contributed by atoms with van der Waals surface area (Å²) in [5.41, 5.74) is 8.99. The summed E-state index contributed by atoms with van der Waals surface area (Å²) in [4.78, 5) is 4.49. The molecule has 27 heavy (non-hydrogen) atoms. The number of benzene rings is 1. The highest BCUT2D eigenvalue weighted by Crippen LogP contribution is 2.45. The van der Waals surface area contributed by atoms with Crippen molar-refractivity contribution in [1.29, 1.82) is 5.26 Å². The summed E-state index contributed by atoms with van der Waals surface area (Å²) in [5.74, 6) is 1.06. The van der Waals surface area contributed by atoms with Crippen molar-refractivity contribution in [2.45, 2.75) is 12.8 Å². The summed E-state index contributed by atoms with van der Waals surface area (Å²) in [6.45, 7) is 2.01. The second kappa shape index (κ2) is 5.53. The fourth-order valence-electron chi connectivity index (χ4n) is 3.47. The van der Waals surface area contributed by atoms with Crippen molar-refractivity contribution in [2.75, 3.05) is 6.79 Å². The standard InChI is InChI=1S/C18H12ClN5O3/c1-7-14-15(10(5-20)17(21)27-18(14)24-23-7)9-2-8-3-12-13(26-6-25-12)4-11(8)22-16(9)19/h2-4,15H,6,21H2,1H3,(H,23,24)/t15-/m1/s1. The van der Waals surface area contributed by atoms with Gasteiger partial charge >= 0.3 is 0 Å². The fourth-order valence-corrected chi connectivity index (χ4v) is 3.72. The molecule has 2 aromatic heterocycles. The van der Waals surface area contributed by atoms with Crippen LogP contribution in [0.1, 0.15) is 22.7 Å². The molecule has 0 fully saturated rings. The van der Waals surface area contributed by atoms with E-state index in [9.17, 15) is 5.26 Å². The molecule has 0 radical (unpaired) electrons. The Labute approximate surface area is 158 Å². The van der Waals surface area contributed by atoms with Gasteiger partial charge < -0.3 is 19.9 Å². The Bertz CT molecular complexity index is 1190. The summed E-state index contributed by atoms with van der Waals surface area (Å²) in [6, 6.07) is 7.63. The normalized spacial score (nSPS) is 17.6. The van der Waals surface area contributed by atoms with E-state index >= 15 is 0 Å². The van der Waals surface area contributed by atoms with Crippen LogP contribution < -0.4 is 19.9 Å². The first-order valence-corrected chi connectivity index (χ1v) is 8.47. The number of nitrogens with two attached hydrogens (primary N) is 1. The molecule has 134 valence electrons. The first-order chi connectivity index (χ1) is 13.1. The van der Waals surface area contributed by atoms with E-state index in [-0.39, 0.29) is 23.4 Å². The minimum Gasteiger partial charge on any atom is -0.454 e. The molecule has 5 rings (SSSR count). The van der Waals surface area contributed by atoms with E-state index in [1.54, 1.807) is 6.07 Å². The molecule has 2 aliphatic heterocycles. The zero-order valence-electron chi connectivity index (χ0n) is 14.0. The number of pyridine rings is 1. The number of aromatic nitrogens is 3. The van der Waals surface area contributed by atoms with Gasteiger partial charge in [-0.25, -0.2) is 4.98 Å². The van der Waals surface area contributed by atoms with E-state index in [0.29, 0.717) is 34.0 Å². The number of H-pyrrole nitrogens is 1. The highest BCUT2D eigenvalue weighted by molar-refractivity contribution is 6.30. The van der Waals surface area contributed by atoms with Gasteiger partial charge in [0.25, 0.3) is 0 Å². The first kappa shape index (κ1) is 15.8. The quantitative estimate of drug-likeness (QED) is 0.622. The van der Waals surface area contributed by atoms with Crippen LogP contribution in [0.15, 0.2) is 29.7 Å². The number of hydrogen-bond donors (Lipinski definition) is 2. The lowest BCUT2D eigenvalue weighted by Crippen LogP contribution is -2.21. The number of aromatic amines is 1. The molecule has 9 heteroatoms. The summed E-state index contributed by atoms with van der Waals surface area (Å²) in [6.07, 6.45) is 0. The van der Waals surface area contributed by atoms with Crippen LogP contribution in [0.2, 0.25) is 5.15 Å². The number of aryl methyl sites for hydroxylation is 1. The summed E-state index contributed by atoms with van der Waals surface area (Å²) in [7, 11) is 0. The topological polar surface area (TPSA) is 119 Å². The Morgan fingerprint density at radius 3 is 2.85 bits per heavy atom. The predicted octanol–water partition coefficient (Wildman–Crippen LogP) is 2.87. The van der Waals surface area contributed by atoms with Gasteiger partial charge in [0.05, 0.1) is 11.4 Å². The van der Waals surface area contributed by atoms with Gasteiger partial charge in [-0.1, -0.05) is 11.6 Å². The molecule has 3 aromatic rings. The lowest BCUT2D eigenvalue weighted by Gasteiger charge is -2.24. The molecule has 8 nitrogen and oxygen atoms in total. The average Bonchev–Trinajstić information content (AvgIpc) is 3.24. The smallest absolute Gasteiger partial charge is 0.244 e. The van der Waals surface area contributed by atoms with Gasteiger partial charge in [0.1, 0.15) is 16.8 Å². The maximum Gasteiger partial charge on any atom is 0.244 e. The zero-order chi connectivity index (χ0) is 18.7. The van der Waals surface area contributed by atoms with Crippen molar-refractivity contribution in [3.8, 4) is 23.4 Å². The van der Waals surface area contributed by atoms with Crippen LogP contribution in [0.3, 0.4) is 0 Å². The second-order valence-electron chi connectivity index (χ2n) is 6.26. The molecule has 3 N–H and O–H groups in total. The molecule has 4 heterocycles. The van der Waals surface area contributed by atoms with E-state index in [1.807, 2.05) is 19.1 Å². The molecule has 0 unspecified atom stereocenters. The van der Waals surface area contributed by atoms with Crippen LogP contribution in [0, 0.1) is 18.3 Å². The number of nitrogens with one attached hydrogen (secondary N) is 1. The van der Waals surface area contributed by atoms with Gasteiger partial charge in [0.2, 0.25) is 18.6 Å². The molecule has 0 aliphatic carbocycles. The van der Waals surface area contributed by atoms with Gasteiger partial charge in [-0.05, 0) is 19.1 Å². The Balaban J connectivity index is 1.77. The summed E-state index contributed by atoms with van der Waals surface area (Å²) in [5, 5.41) is 17.7. The molecule has 1 aromatic carbocycles. The van der Waals surface area contributed by atoms with Crippen LogP contribution >= 0.6 is 11.6 Å². The number of ether oxygens (including phenoxy) is 3. The van der Waals surface area contributed by atoms with Crippen LogP contribution in [-0.2, 0) is 0 Å². The highest BCUT2D eigenvalue weighted by atomic mass is 35.5. The molecule has 2 aliphatic rings. The van der Waals surface area contributed by atoms with Crippen molar-refractivity contribution >= 4 is 22.5 Å². The van der Waals surface area contributed by atoms with Gasteiger partial charge in [-0.2, -0.15) is 5.26 Å². The van der Waals surface area contributed by atoms with Crippen molar-refractivity contribution < 1.29 is 14.2 Å². The Kier molecular flexibility index (Phi) is 3.23. The SMILES string of the molecule is Cc1[nH]nc2c1[C@H](c1cc3cc4c(cc3nc1Cl)OCO4)C(C#N)=C(N)O2. The second-order valence-corrected chi connectivity index (χ2v) is 6.62. The molecular weight excluding hydrogens is 370 g/mol. The van der Waals surface area contributed by atoms with Gasteiger partial charge in [-0.15, -0.1) is 5.10 Å². The van der Waals surface area contributed by atoms with Crippen LogP contribution in [-0.4, -0.2) is 22.0 Å². The molecule has 0 saturated heterocycles. The van der Waals surface area contributed by atoms with E-state index < -0.39 is 5.92 Å². The van der Waals surface area contributed by atoms with Gasteiger partial charge in [0.15, 0.2) is 11.5 Å². The number of nitrogens with zero attached hydrogens (tertiary/aromatic N) is 3. The molecule has 0 amide bonds. The fraction of sp³-hybridized carbons (Fsp3) is 0.167. The largest absolute Gasteiger partial charge is 0.454 e.